The molecule has 2 amide bonds. The number of rotatable bonds is 7. The fourth-order valence-corrected chi connectivity index (χ4v) is 7.97. The van der Waals surface area contributed by atoms with E-state index in [0.717, 1.165) is 49.2 Å². The van der Waals surface area contributed by atoms with Crippen molar-refractivity contribution in [3.05, 3.63) is 81.7 Å². The second-order valence-corrected chi connectivity index (χ2v) is 13.3. The standard InChI is InChI=1S/C29H34N4O4S2/c1-31(2)29(35)26-24-15-18-32(19-21-9-5-3-6-10-21)20-25(24)38-28(26)30-27(34)22-11-13-23(14-12-22)39(36,37)33-16-7-4-8-17-33/h3,5-6,9-14H,4,7-8,15-20H2,1-2H3,(H,30,34). The van der Waals surface area contributed by atoms with Crippen LogP contribution >= 0.6 is 11.3 Å². The molecule has 1 fully saturated rings. The van der Waals surface area contributed by atoms with Crippen LogP contribution in [0.15, 0.2) is 59.5 Å². The van der Waals surface area contributed by atoms with E-state index < -0.39 is 10.0 Å². The molecule has 8 nitrogen and oxygen atoms in total. The third-order valence-corrected chi connectivity index (χ3v) is 10.3. The number of thiophene rings is 1. The molecule has 0 atom stereocenters. The van der Waals surface area contributed by atoms with Crippen LogP contribution < -0.4 is 5.32 Å². The Morgan fingerprint density at radius 1 is 0.949 bits per heavy atom. The summed E-state index contributed by atoms with van der Waals surface area (Å²) >= 11 is 1.45. The summed E-state index contributed by atoms with van der Waals surface area (Å²) in [7, 11) is -0.147. The molecule has 206 valence electrons. The number of piperidine rings is 1. The topological polar surface area (TPSA) is 90.0 Å². The van der Waals surface area contributed by atoms with Gasteiger partial charge in [-0.05, 0) is 54.7 Å². The van der Waals surface area contributed by atoms with Crippen molar-refractivity contribution in [2.24, 2.45) is 0 Å². The average molecular weight is 567 g/mol. The summed E-state index contributed by atoms with van der Waals surface area (Å²) in [5, 5.41) is 3.50. The van der Waals surface area contributed by atoms with Gasteiger partial charge in [-0.2, -0.15) is 4.31 Å². The lowest BCUT2D eigenvalue weighted by molar-refractivity contribution is 0.0827. The summed E-state index contributed by atoms with van der Waals surface area (Å²) in [5.41, 5.74) is 3.13. The van der Waals surface area contributed by atoms with Gasteiger partial charge in [-0.3, -0.25) is 14.5 Å². The fraction of sp³-hybridized carbons (Fsp3) is 0.379. The van der Waals surface area contributed by atoms with Crippen molar-refractivity contribution in [2.45, 2.75) is 43.7 Å². The molecule has 10 heteroatoms. The molecule has 5 rings (SSSR count). The van der Waals surface area contributed by atoms with E-state index in [1.54, 1.807) is 14.1 Å². The lowest BCUT2D eigenvalue weighted by atomic mass is 10.0. The van der Waals surface area contributed by atoms with Crippen molar-refractivity contribution >= 4 is 38.2 Å². The summed E-state index contributed by atoms with van der Waals surface area (Å²) in [6.07, 6.45) is 3.50. The van der Waals surface area contributed by atoms with E-state index in [1.165, 1.54) is 50.4 Å². The molecule has 2 aliphatic rings. The minimum atomic E-state index is -3.57. The molecule has 1 saturated heterocycles. The van der Waals surface area contributed by atoms with E-state index in [4.69, 9.17) is 0 Å². The van der Waals surface area contributed by atoms with Crippen molar-refractivity contribution in [2.75, 3.05) is 39.0 Å². The summed E-state index contributed by atoms with van der Waals surface area (Å²) in [4.78, 5) is 31.6. The molecule has 0 unspecified atom stereocenters. The SMILES string of the molecule is CN(C)C(=O)c1c(NC(=O)c2ccc(S(=O)(=O)N3CCCCC3)cc2)sc2c1CCN(Cc1ccccc1)C2. The number of carbonyl (C=O) groups is 2. The number of nitrogens with one attached hydrogen (secondary N) is 1. The number of carbonyl (C=O) groups excluding carboxylic acids is 2. The Balaban J connectivity index is 1.35. The minimum absolute atomic E-state index is 0.137. The summed E-state index contributed by atoms with van der Waals surface area (Å²) in [6.45, 7) is 3.41. The van der Waals surface area contributed by atoms with Gasteiger partial charge in [0.25, 0.3) is 11.8 Å². The van der Waals surface area contributed by atoms with Gasteiger partial charge in [-0.25, -0.2) is 8.42 Å². The number of anilines is 1. The fourth-order valence-electron chi connectivity index (χ4n) is 5.18. The van der Waals surface area contributed by atoms with E-state index in [-0.39, 0.29) is 16.7 Å². The van der Waals surface area contributed by atoms with Crippen molar-refractivity contribution in [3.8, 4) is 0 Å². The van der Waals surface area contributed by atoms with Gasteiger partial charge in [0.1, 0.15) is 5.00 Å². The first-order chi connectivity index (χ1) is 18.7. The van der Waals surface area contributed by atoms with Gasteiger partial charge in [0, 0.05) is 57.3 Å². The van der Waals surface area contributed by atoms with Crippen LogP contribution in [-0.4, -0.2) is 68.1 Å². The maximum atomic E-state index is 13.2. The molecule has 2 aliphatic heterocycles. The van der Waals surface area contributed by atoms with Crippen molar-refractivity contribution < 1.29 is 18.0 Å². The second-order valence-electron chi connectivity index (χ2n) is 10.3. The maximum absolute atomic E-state index is 13.2. The molecule has 1 N–H and O–H groups in total. The molecule has 3 heterocycles. The Morgan fingerprint density at radius 2 is 1.64 bits per heavy atom. The predicted octanol–water partition coefficient (Wildman–Crippen LogP) is 4.44. The van der Waals surface area contributed by atoms with Crippen LogP contribution in [0, 0.1) is 0 Å². The van der Waals surface area contributed by atoms with Crippen LogP contribution in [-0.2, 0) is 29.5 Å². The van der Waals surface area contributed by atoms with Crippen LogP contribution in [0.3, 0.4) is 0 Å². The lowest BCUT2D eigenvalue weighted by Crippen LogP contribution is -2.35. The molecule has 1 aromatic heterocycles. The molecule has 2 aromatic carbocycles. The number of hydrogen-bond donors (Lipinski definition) is 1. The normalized spacial score (nSPS) is 16.5. The van der Waals surface area contributed by atoms with Crippen LogP contribution in [0.2, 0.25) is 0 Å². The number of hydrogen-bond acceptors (Lipinski definition) is 6. The quantitative estimate of drug-likeness (QED) is 0.457. The number of benzene rings is 2. The molecule has 0 saturated carbocycles. The first kappa shape index (κ1) is 27.5. The van der Waals surface area contributed by atoms with Crippen molar-refractivity contribution in [1.29, 1.82) is 0 Å². The highest BCUT2D eigenvalue weighted by atomic mass is 32.2. The third kappa shape index (κ3) is 5.94. The molecule has 39 heavy (non-hydrogen) atoms. The van der Waals surface area contributed by atoms with E-state index >= 15 is 0 Å². The maximum Gasteiger partial charge on any atom is 0.256 e. The average Bonchev–Trinajstić information content (AvgIpc) is 3.30. The Labute approximate surface area is 234 Å². The summed E-state index contributed by atoms with van der Waals surface area (Å²) in [5.74, 6) is -0.508. The molecule has 0 aliphatic carbocycles. The smallest absolute Gasteiger partial charge is 0.256 e. The van der Waals surface area contributed by atoms with Gasteiger partial charge >= 0.3 is 0 Å². The number of nitrogens with zero attached hydrogens (tertiary/aromatic N) is 3. The number of amides is 2. The van der Waals surface area contributed by atoms with Gasteiger partial charge in [0.05, 0.1) is 10.5 Å². The molecular formula is C29H34N4O4S2. The molecule has 3 aromatic rings. The van der Waals surface area contributed by atoms with E-state index in [0.29, 0.717) is 35.8 Å². The van der Waals surface area contributed by atoms with Gasteiger partial charge in [-0.15, -0.1) is 11.3 Å². The van der Waals surface area contributed by atoms with Crippen molar-refractivity contribution in [3.63, 3.8) is 0 Å². The van der Waals surface area contributed by atoms with Crippen molar-refractivity contribution in [1.82, 2.24) is 14.1 Å². The van der Waals surface area contributed by atoms with Crippen LogP contribution in [0.4, 0.5) is 5.00 Å². The monoisotopic (exact) mass is 566 g/mol. The molecule has 0 bridgehead atoms. The molecule has 0 radical (unpaired) electrons. The zero-order valence-corrected chi connectivity index (χ0v) is 24.0. The highest BCUT2D eigenvalue weighted by Gasteiger charge is 2.30. The highest BCUT2D eigenvalue weighted by molar-refractivity contribution is 7.89. The Hall–Kier alpha value is -3.05. The largest absolute Gasteiger partial charge is 0.345 e. The minimum Gasteiger partial charge on any atom is -0.345 e. The van der Waals surface area contributed by atoms with Gasteiger partial charge in [-0.1, -0.05) is 36.8 Å². The zero-order valence-electron chi connectivity index (χ0n) is 22.4. The number of sulfonamides is 1. The lowest BCUT2D eigenvalue weighted by Gasteiger charge is -2.27. The molecule has 0 spiro atoms. The van der Waals surface area contributed by atoms with Crippen LogP contribution in [0.1, 0.15) is 56.0 Å². The second kappa shape index (κ2) is 11.6. The first-order valence-electron chi connectivity index (χ1n) is 13.3. The predicted molar refractivity (Wildman–Crippen MR) is 154 cm³/mol. The van der Waals surface area contributed by atoms with Gasteiger partial charge in [0.15, 0.2) is 0 Å². The zero-order chi connectivity index (χ0) is 27.6. The Morgan fingerprint density at radius 3 is 2.31 bits per heavy atom. The van der Waals surface area contributed by atoms with E-state index in [9.17, 15) is 18.0 Å². The van der Waals surface area contributed by atoms with E-state index in [2.05, 4.69) is 22.3 Å². The Bertz CT molecular complexity index is 1440. The first-order valence-corrected chi connectivity index (χ1v) is 15.5. The number of fused-ring (bicyclic) bond motifs is 1. The summed E-state index contributed by atoms with van der Waals surface area (Å²) < 4.78 is 27.5. The summed E-state index contributed by atoms with van der Waals surface area (Å²) in [6, 6.07) is 16.4. The Kier molecular flexibility index (Phi) is 8.18. The van der Waals surface area contributed by atoms with Crippen LogP contribution in [0.25, 0.3) is 0 Å². The third-order valence-electron chi connectivity index (χ3n) is 7.30. The van der Waals surface area contributed by atoms with E-state index in [1.807, 2.05) is 18.2 Å². The highest BCUT2D eigenvalue weighted by Crippen LogP contribution is 2.38. The molecular weight excluding hydrogens is 532 g/mol. The van der Waals surface area contributed by atoms with Crippen LogP contribution in [0.5, 0.6) is 0 Å². The van der Waals surface area contributed by atoms with Gasteiger partial charge in [0.2, 0.25) is 10.0 Å². The van der Waals surface area contributed by atoms with Gasteiger partial charge < -0.3 is 10.2 Å².